The van der Waals surface area contributed by atoms with Gasteiger partial charge in [0.1, 0.15) is 6.04 Å². The Bertz CT molecular complexity index is 675. The lowest BCUT2D eigenvalue weighted by atomic mass is 9.96. The molecule has 0 radical (unpaired) electrons. The van der Waals surface area contributed by atoms with Crippen LogP contribution in [0.4, 0.5) is 0 Å². The van der Waals surface area contributed by atoms with E-state index in [0.717, 1.165) is 12.8 Å². The number of carbonyl (C=O) groups excluding carboxylic acids is 3. The van der Waals surface area contributed by atoms with Crippen LogP contribution in [0.15, 0.2) is 18.2 Å². The third kappa shape index (κ3) is 5.19. The highest BCUT2D eigenvalue weighted by Gasteiger charge is 2.32. The van der Waals surface area contributed by atoms with Crippen molar-refractivity contribution in [2.24, 2.45) is 5.92 Å². The topological polar surface area (TPSA) is 72.5 Å². The molecule has 1 amide bonds. The summed E-state index contributed by atoms with van der Waals surface area (Å²) in [7, 11) is 0. The van der Waals surface area contributed by atoms with Crippen LogP contribution in [-0.4, -0.2) is 29.8 Å². The molecule has 1 fully saturated rings. The van der Waals surface area contributed by atoms with Gasteiger partial charge in [0.25, 0.3) is 5.91 Å². The molecule has 7 heteroatoms. The van der Waals surface area contributed by atoms with E-state index >= 15 is 0 Å². The number of hydrogen-bond donors (Lipinski definition) is 1. The van der Waals surface area contributed by atoms with Crippen LogP contribution in [0.5, 0.6) is 0 Å². The van der Waals surface area contributed by atoms with E-state index in [4.69, 9.17) is 27.9 Å². The van der Waals surface area contributed by atoms with E-state index in [1.54, 1.807) is 19.9 Å². The summed E-state index contributed by atoms with van der Waals surface area (Å²) in [6.45, 7) is 3.58. The van der Waals surface area contributed by atoms with Crippen molar-refractivity contribution in [1.82, 2.24) is 5.32 Å². The maximum atomic E-state index is 12.5. The summed E-state index contributed by atoms with van der Waals surface area (Å²) >= 11 is 11.9. The Balaban J connectivity index is 2.07. The number of amides is 1. The van der Waals surface area contributed by atoms with Crippen LogP contribution < -0.4 is 5.32 Å². The fourth-order valence-electron chi connectivity index (χ4n) is 2.68. The smallest absolute Gasteiger partial charge is 0.329 e. The van der Waals surface area contributed by atoms with Crippen molar-refractivity contribution >= 4 is 40.9 Å². The third-order valence-corrected chi connectivity index (χ3v) is 4.69. The second kappa shape index (κ2) is 8.68. The molecule has 0 unspecified atom stereocenters. The molecule has 1 aliphatic rings. The number of halogens is 2. The van der Waals surface area contributed by atoms with E-state index in [1.807, 2.05) is 0 Å². The average Bonchev–Trinajstić information content (AvgIpc) is 2.54. The first kappa shape index (κ1) is 19.7. The minimum atomic E-state index is -0.867. The molecule has 0 aliphatic heterocycles. The lowest BCUT2D eigenvalue weighted by Gasteiger charge is -2.26. The molecular weight excluding hydrogens is 365 g/mol. The minimum Gasteiger partial charge on any atom is -0.453 e. The van der Waals surface area contributed by atoms with Crippen molar-refractivity contribution in [2.75, 3.05) is 0 Å². The van der Waals surface area contributed by atoms with Gasteiger partial charge in [-0.05, 0) is 43.4 Å². The third-order valence-electron chi connectivity index (χ3n) is 4.14. The summed E-state index contributed by atoms with van der Waals surface area (Å²) in [5.74, 6) is -1.36. The van der Waals surface area contributed by atoms with Gasteiger partial charge in [-0.1, -0.05) is 37.0 Å². The van der Waals surface area contributed by atoms with Crippen LogP contribution in [0.1, 0.15) is 49.9 Å². The first-order valence-electron chi connectivity index (χ1n) is 8.28. The number of rotatable bonds is 5. The average molecular weight is 386 g/mol. The Morgan fingerprint density at radius 2 is 1.96 bits per heavy atom. The molecular formula is C18H21Cl2NO4. The highest BCUT2D eigenvalue weighted by atomic mass is 35.5. The van der Waals surface area contributed by atoms with Crippen molar-refractivity contribution in [3.05, 3.63) is 33.8 Å². The molecule has 0 saturated heterocycles. The maximum Gasteiger partial charge on any atom is 0.329 e. The summed E-state index contributed by atoms with van der Waals surface area (Å²) in [5.41, 5.74) is 0.221. The van der Waals surface area contributed by atoms with Gasteiger partial charge in [-0.25, -0.2) is 4.79 Å². The van der Waals surface area contributed by atoms with Gasteiger partial charge in [-0.3, -0.25) is 9.59 Å². The Morgan fingerprint density at radius 1 is 1.24 bits per heavy atom. The predicted octanol–water partition coefficient (Wildman–Crippen LogP) is 3.80. The second-order valence-corrected chi connectivity index (χ2v) is 7.30. The van der Waals surface area contributed by atoms with E-state index in [0.29, 0.717) is 17.9 Å². The standard InChI is InChI=1S/C18H21Cl2NO4/c1-10(2)16(18(24)25-15-6-4-3-5-14(15)22)21-17(23)12-8-7-11(19)9-13(12)20/h7-10,15-16H,3-6H2,1-2H3,(H,21,23)/t15-,16-/m1/s1. The van der Waals surface area contributed by atoms with Crippen LogP contribution in [0, 0.1) is 5.92 Å². The van der Waals surface area contributed by atoms with Gasteiger partial charge < -0.3 is 10.1 Å². The Morgan fingerprint density at radius 3 is 2.56 bits per heavy atom. The van der Waals surface area contributed by atoms with Crippen LogP contribution >= 0.6 is 23.2 Å². The number of benzene rings is 1. The van der Waals surface area contributed by atoms with Crippen LogP contribution in [0.3, 0.4) is 0 Å². The Labute approximate surface area is 157 Å². The summed E-state index contributed by atoms with van der Waals surface area (Å²) in [6, 6.07) is 3.63. The molecule has 0 heterocycles. The molecule has 0 spiro atoms. The number of carbonyl (C=O) groups is 3. The fourth-order valence-corrected chi connectivity index (χ4v) is 3.17. The van der Waals surface area contributed by atoms with E-state index in [1.165, 1.54) is 12.1 Å². The highest BCUT2D eigenvalue weighted by Crippen LogP contribution is 2.22. The second-order valence-electron chi connectivity index (χ2n) is 6.46. The summed E-state index contributed by atoms with van der Waals surface area (Å²) < 4.78 is 5.36. The van der Waals surface area contributed by atoms with Crippen molar-refractivity contribution in [1.29, 1.82) is 0 Å². The lowest BCUT2D eigenvalue weighted by molar-refractivity contribution is -0.159. The molecule has 1 aromatic rings. The number of esters is 1. The molecule has 5 nitrogen and oxygen atoms in total. The Hall–Kier alpha value is -1.59. The summed E-state index contributed by atoms with van der Waals surface area (Å²) in [4.78, 5) is 36.7. The van der Waals surface area contributed by atoms with E-state index in [9.17, 15) is 14.4 Å². The number of ether oxygens (including phenoxy) is 1. The number of ketones is 1. The predicted molar refractivity (Wildman–Crippen MR) is 95.9 cm³/mol. The van der Waals surface area contributed by atoms with Gasteiger partial charge >= 0.3 is 5.97 Å². The molecule has 2 atom stereocenters. The Kier molecular flexibility index (Phi) is 6.85. The highest BCUT2D eigenvalue weighted by molar-refractivity contribution is 6.36. The van der Waals surface area contributed by atoms with E-state index < -0.39 is 24.0 Å². The molecule has 2 rings (SSSR count). The number of Topliss-reactive ketones (excluding diaryl/α,β-unsaturated/α-hetero) is 1. The van der Waals surface area contributed by atoms with Gasteiger partial charge in [0.15, 0.2) is 11.9 Å². The molecule has 1 aliphatic carbocycles. The maximum absolute atomic E-state index is 12.5. The van der Waals surface area contributed by atoms with Crippen molar-refractivity contribution in [3.8, 4) is 0 Å². The number of hydrogen-bond acceptors (Lipinski definition) is 4. The first-order valence-corrected chi connectivity index (χ1v) is 9.04. The zero-order chi connectivity index (χ0) is 18.6. The van der Waals surface area contributed by atoms with Crippen LogP contribution in [0.2, 0.25) is 10.0 Å². The van der Waals surface area contributed by atoms with Crippen molar-refractivity contribution in [2.45, 2.75) is 51.7 Å². The van der Waals surface area contributed by atoms with Crippen LogP contribution in [0.25, 0.3) is 0 Å². The largest absolute Gasteiger partial charge is 0.453 e. The molecule has 1 aromatic carbocycles. The molecule has 0 aromatic heterocycles. The molecule has 25 heavy (non-hydrogen) atoms. The van der Waals surface area contributed by atoms with Gasteiger partial charge in [-0.15, -0.1) is 0 Å². The van der Waals surface area contributed by atoms with Crippen molar-refractivity contribution in [3.63, 3.8) is 0 Å². The zero-order valence-electron chi connectivity index (χ0n) is 14.2. The van der Waals surface area contributed by atoms with Gasteiger partial charge in [0.2, 0.25) is 0 Å². The minimum absolute atomic E-state index is 0.0609. The summed E-state index contributed by atoms with van der Waals surface area (Å²) in [5, 5.41) is 3.26. The van der Waals surface area contributed by atoms with Crippen molar-refractivity contribution < 1.29 is 19.1 Å². The zero-order valence-corrected chi connectivity index (χ0v) is 15.7. The molecule has 0 bridgehead atoms. The van der Waals surface area contributed by atoms with Crippen LogP contribution in [-0.2, 0) is 14.3 Å². The van der Waals surface area contributed by atoms with E-state index in [2.05, 4.69) is 5.32 Å². The molecule has 1 N–H and O–H groups in total. The first-order chi connectivity index (χ1) is 11.8. The van der Waals surface area contributed by atoms with Gasteiger partial charge in [0.05, 0.1) is 10.6 Å². The number of nitrogens with one attached hydrogen (secondary N) is 1. The SMILES string of the molecule is CC(C)[C@@H](NC(=O)c1ccc(Cl)cc1Cl)C(=O)O[C@@H]1CCCCC1=O. The van der Waals surface area contributed by atoms with E-state index in [-0.39, 0.29) is 22.3 Å². The molecule has 136 valence electrons. The quantitative estimate of drug-likeness (QED) is 0.782. The monoisotopic (exact) mass is 385 g/mol. The fraction of sp³-hybridized carbons (Fsp3) is 0.500. The van der Waals surface area contributed by atoms with Gasteiger partial charge in [-0.2, -0.15) is 0 Å². The molecule has 1 saturated carbocycles. The lowest BCUT2D eigenvalue weighted by Crippen LogP contribution is -2.47. The normalized spacial score (nSPS) is 18.8. The summed E-state index contributed by atoms with van der Waals surface area (Å²) in [6.07, 6.45) is 1.93. The van der Waals surface area contributed by atoms with Gasteiger partial charge in [0, 0.05) is 11.4 Å².